The maximum atomic E-state index is 11.9. The highest BCUT2D eigenvalue weighted by molar-refractivity contribution is 6.31. The van der Waals surface area contributed by atoms with Crippen LogP contribution in [0.2, 0.25) is 0 Å². The molecule has 4 heteroatoms. The molecular formula is C14H16ClNO2. The molecular weight excluding hydrogens is 250 g/mol. The van der Waals surface area contributed by atoms with Crippen molar-refractivity contribution < 1.29 is 9.59 Å². The molecule has 18 heavy (non-hydrogen) atoms. The Morgan fingerprint density at radius 2 is 2.11 bits per heavy atom. The number of hydrogen-bond donors (Lipinski definition) is 1. The summed E-state index contributed by atoms with van der Waals surface area (Å²) in [6.07, 6.45) is 1.57. The van der Waals surface area contributed by atoms with E-state index in [-0.39, 0.29) is 23.5 Å². The van der Waals surface area contributed by atoms with E-state index in [1.807, 2.05) is 26.0 Å². The summed E-state index contributed by atoms with van der Waals surface area (Å²) in [5.41, 5.74) is 3.21. The number of halogens is 1. The van der Waals surface area contributed by atoms with Crippen molar-refractivity contribution in [3.8, 4) is 0 Å². The van der Waals surface area contributed by atoms with Crippen LogP contribution >= 0.6 is 11.6 Å². The van der Waals surface area contributed by atoms with Crippen molar-refractivity contribution in [2.75, 3.05) is 11.2 Å². The van der Waals surface area contributed by atoms with E-state index in [1.165, 1.54) is 0 Å². The van der Waals surface area contributed by atoms with Gasteiger partial charge >= 0.3 is 0 Å². The first-order valence-corrected chi connectivity index (χ1v) is 6.72. The molecule has 1 aliphatic heterocycles. The van der Waals surface area contributed by atoms with Gasteiger partial charge in [0.15, 0.2) is 5.78 Å². The van der Waals surface area contributed by atoms with Gasteiger partial charge in [0.25, 0.3) is 0 Å². The Kier molecular flexibility index (Phi) is 3.71. The molecule has 0 saturated carbocycles. The molecule has 1 N–H and O–H groups in total. The van der Waals surface area contributed by atoms with E-state index in [1.54, 1.807) is 0 Å². The van der Waals surface area contributed by atoms with Crippen LogP contribution in [0.25, 0.3) is 0 Å². The molecule has 1 atom stereocenters. The predicted molar refractivity (Wildman–Crippen MR) is 72.5 cm³/mol. The Labute approximate surface area is 112 Å². The zero-order valence-corrected chi connectivity index (χ0v) is 11.3. The molecule has 1 amide bonds. The van der Waals surface area contributed by atoms with E-state index in [9.17, 15) is 9.59 Å². The van der Waals surface area contributed by atoms with Gasteiger partial charge in [-0.25, -0.2) is 0 Å². The van der Waals surface area contributed by atoms with E-state index < -0.39 is 0 Å². The summed E-state index contributed by atoms with van der Waals surface area (Å²) >= 11 is 5.63. The third-order valence-corrected chi connectivity index (χ3v) is 3.65. The van der Waals surface area contributed by atoms with Crippen molar-refractivity contribution in [3.05, 3.63) is 28.8 Å². The van der Waals surface area contributed by atoms with Crippen molar-refractivity contribution in [2.45, 2.75) is 32.6 Å². The fraction of sp³-hybridized carbons (Fsp3) is 0.429. The van der Waals surface area contributed by atoms with Crippen LogP contribution in [-0.4, -0.2) is 17.6 Å². The summed E-state index contributed by atoms with van der Waals surface area (Å²) in [6, 6.07) is 3.86. The van der Waals surface area contributed by atoms with Crippen molar-refractivity contribution in [1.82, 2.24) is 0 Å². The van der Waals surface area contributed by atoms with Gasteiger partial charge in [-0.15, -0.1) is 11.6 Å². The van der Waals surface area contributed by atoms with Crippen LogP contribution < -0.4 is 5.32 Å². The summed E-state index contributed by atoms with van der Waals surface area (Å²) in [7, 11) is 0. The van der Waals surface area contributed by atoms with E-state index >= 15 is 0 Å². The number of aryl methyl sites for hydroxylation is 1. The number of amides is 1. The maximum Gasteiger partial charge on any atom is 0.232 e. The Bertz CT molecular complexity index is 511. The Hall–Kier alpha value is -1.35. The minimum Gasteiger partial charge on any atom is -0.325 e. The third kappa shape index (κ3) is 2.03. The molecule has 2 rings (SSSR count). The molecule has 0 aromatic heterocycles. The summed E-state index contributed by atoms with van der Waals surface area (Å²) in [6.45, 7) is 4.00. The zero-order valence-electron chi connectivity index (χ0n) is 10.5. The van der Waals surface area contributed by atoms with Crippen LogP contribution in [0.4, 0.5) is 5.69 Å². The van der Waals surface area contributed by atoms with Gasteiger partial charge < -0.3 is 5.32 Å². The average Bonchev–Trinajstić information content (AvgIpc) is 2.71. The van der Waals surface area contributed by atoms with Crippen molar-refractivity contribution >= 4 is 29.0 Å². The van der Waals surface area contributed by atoms with Crippen LogP contribution in [0.5, 0.6) is 0 Å². The highest BCUT2D eigenvalue weighted by Crippen LogP contribution is 2.38. The molecule has 1 aliphatic rings. The Morgan fingerprint density at radius 1 is 1.39 bits per heavy atom. The number of carbonyl (C=O) groups excluding carboxylic acids is 2. The van der Waals surface area contributed by atoms with Gasteiger partial charge in [-0.2, -0.15) is 0 Å². The smallest absolute Gasteiger partial charge is 0.232 e. The number of nitrogens with one attached hydrogen (secondary N) is 1. The van der Waals surface area contributed by atoms with Crippen LogP contribution in [0.15, 0.2) is 12.1 Å². The lowest BCUT2D eigenvalue weighted by Gasteiger charge is -2.10. The number of fused-ring (bicyclic) bond motifs is 1. The first kappa shape index (κ1) is 13.1. The number of alkyl halides is 1. The van der Waals surface area contributed by atoms with Gasteiger partial charge in [0.1, 0.15) is 0 Å². The molecule has 1 heterocycles. The molecule has 1 aromatic carbocycles. The largest absolute Gasteiger partial charge is 0.325 e. The summed E-state index contributed by atoms with van der Waals surface area (Å²) < 4.78 is 0. The highest BCUT2D eigenvalue weighted by Gasteiger charge is 2.32. The topological polar surface area (TPSA) is 46.2 Å². The van der Waals surface area contributed by atoms with Gasteiger partial charge in [0.2, 0.25) is 5.91 Å². The second kappa shape index (κ2) is 5.11. The van der Waals surface area contributed by atoms with Gasteiger partial charge in [-0.3, -0.25) is 9.59 Å². The molecule has 0 bridgehead atoms. The SMILES string of the molecule is CCc1cc(C(=O)CCl)c2c(c1)C(CC)C(=O)N2. The second-order valence-corrected chi connectivity index (χ2v) is 4.74. The second-order valence-electron chi connectivity index (χ2n) is 4.47. The molecule has 1 aromatic rings. The van der Waals surface area contributed by atoms with Crippen molar-refractivity contribution in [2.24, 2.45) is 0 Å². The number of ketones is 1. The van der Waals surface area contributed by atoms with Crippen LogP contribution in [0, 0.1) is 0 Å². The maximum absolute atomic E-state index is 11.9. The number of rotatable bonds is 4. The predicted octanol–water partition coefficient (Wildman–Crippen LogP) is 3.12. The Balaban J connectivity index is 2.60. The molecule has 1 unspecified atom stereocenters. The first-order valence-electron chi connectivity index (χ1n) is 6.19. The number of anilines is 1. The third-order valence-electron chi connectivity index (χ3n) is 3.41. The van der Waals surface area contributed by atoms with E-state index in [2.05, 4.69) is 5.32 Å². The fourth-order valence-corrected chi connectivity index (χ4v) is 2.54. The molecule has 0 radical (unpaired) electrons. The molecule has 0 spiro atoms. The van der Waals surface area contributed by atoms with Crippen molar-refractivity contribution in [1.29, 1.82) is 0 Å². The molecule has 3 nitrogen and oxygen atoms in total. The quantitative estimate of drug-likeness (QED) is 0.672. The fourth-order valence-electron chi connectivity index (χ4n) is 2.39. The van der Waals surface area contributed by atoms with Crippen LogP contribution in [-0.2, 0) is 11.2 Å². The summed E-state index contributed by atoms with van der Waals surface area (Å²) in [5, 5.41) is 2.82. The van der Waals surface area contributed by atoms with Crippen LogP contribution in [0.3, 0.4) is 0 Å². The number of carbonyl (C=O) groups is 2. The van der Waals surface area contributed by atoms with Crippen LogP contribution in [0.1, 0.15) is 47.7 Å². The number of Topliss-reactive ketones (excluding diaryl/α,β-unsaturated/α-hetero) is 1. The lowest BCUT2D eigenvalue weighted by atomic mass is 9.92. The standard InChI is InChI=1S/C14H16ClNO2/c1-3-8-5-10-9(4-2)14(18)16-13(10)11(6-8)12(17)7-15/h5-6,9H,3-4,7H2,1-2H3,(H,16,18). The highest BCUT2D eigenvalue weighted by atomic mass is 35.5. The monoisotopic (exact) mass is 265 g/mol. The molecule has 96 valence electrons. The van der Waals surface area contributed by atoms with Gasteiger partial charge in [-0.05, 0) is 30.0 Å². The molecule has 0 saturated heterocycles. The summed E-state index contributed by atoms with van der Waals surface area (Å²) in [4.78, 5) is 23.7. The normalized spacial score (nSPS) is 17.5. The minimum atomic E-state index is -0.145. The van der Waals surface area contributed by atoms with E-state index in [0.717, 1.165) is 24.0 Å². The number of hydrogen-bond acceptors (Lipinski definition) is 2. The van der Waals surface area contributed by atoms with Crippen molar-refractivity contribution in [3.63, 3.8) is 0 Å². The molecule has 0 fully saturated rings. The summed E-state index contributed by atoms with van der Waals surface area (Å²) in [5.74, 6) is -0.371. The first-order chi connectivity index (χ1) is 8.62. The lowest BCUT2D eigenvalue weighted by Crippen LogP contribution is -2.11. The van der Waals surface area contributed by atoms with E-state index in [4.69, 9.17) is 11.6 Å². The van der Waals surface area contributed by atoms with Gasteiger partial charge in [-0.1, -0.05) is 19.9 Å². The van der Waals surface area contributed by atoms with E-state index in [0.29, 0.717) is 11.3 Å². The number of benzene rings is 1. The lowest BCUT2D eigenvalue weighted by molar-refractivity contribution is -0.117. The molecule has 0 aliphatic carbocycles. The van der Waals surface area contributed by atoms with Gasteiger partial charge in [0, 0.05) is 5.56 Å². The average molecular weight is 266 g/mol. The Morgan fingerprint density at radius 3 is 2.67 bits per heavy atom. The van der Waals surface area contributed by atoms with Gasteiger partial charge in [0.05, 0.1) is 17.5 Å². The zero-order chi connectivity index (χ0) is 13.3. The minimum absolute atomic E-state index is 0.0237.